The maximum atomic E-state index is 13.4. The Labute approximate surface area is 204 Å². The summed E-state index contributed by atoms with van der Waals surface area (Å²) in [6.07, 6.45) is 2.42. The second-order valence-electron chi connectivity index (χ2n) is 10.1. The fourth-order valence-electron chi connectivity index (χ4n) is 4.86. The average Bonchev–Trinajstić information content (AvgIpc) is 3.12. The van der Waals surface area contributed by atoms with Crippen LogP contribution < -0.4 is 4.72 Å². The van der Waals surface area contributed by atoms with Crippen molar-refractivity contribution in [3.63, 3.8) is 0 Å². The van der Waals surface area contributed by atoms with Gasteiger partial charge in [0, 0.05) is 11.6 Å². The normalized spacial score (nSPS) is 18.7. The van der Waals surface area contributed by atoms with E-state index >= 15 is 0 Å². The molecule has 2 aromatic rings. The van der Waals surface area contributed by atoms with Crippen LogP contribution in [0.15, 0.2) is 41.3 Å². The molecule has 0 aromatic heterocycles. The van der Waals surface area contributed by atoms with Crippen LogP contribution in [0, 0.1) is 21.4 Å². The number of nitrogens with zero attached hydrogens (tertiary/aromatic N) is 2. The van der Waals surface area contributed by atoms with Gasteiger partial charge in [0.1, 0.15) is 5.60 Å². The summed E-state index contributed by atoms with van der Waals surface area (Å²) >= 11 is 0. The highest BCUT2D eigenvalue weighted by Gasteiger charge is 2.52. The van der Waals surface area contributed by atoms with Crippen molar-refractivity contribution in [1.82, 2.24) is 4.72 Å². The number of aryl methyl sites for hydroxylation is 1. The third-order valence-electron chi connectivity index (χ3n) is 6.63. The van der Waals surface area contributed by atoms with E-state index in [1.54, 1.807) is 39.0 Å². The standard InChI is InChI=1S/C25H27N3O6S/c1-24(2,3)34-23(29)25(12-5-13-25)19-6-4-7-21(22(19)28(30)31)35(32,33)27-20-11-9-17-14-16(15-26)8-10-18(17)20/h4,6-8,10,14,20,27H,5,9,11-13H2,1-3H3. The molecule has 0 amide bonds. The molecule has 2 aromatic carbocycles. The lowest BCUT2D eigenvalue weighted by molar-refractivity contribution is -0.389. The third kappa shape index (κ3) is 4.54. The first-order valence-electron chi connectivity index (χ1n) is 11.4. The van der Waals surface area contributed by atoms with Gasteiger partial charge in [-0.2, -0.15) is 5.26 Å². The quantitative estimate of drug-likeness (QED) is 0.358. The number of nitrogens with one attached hydrogen (secondary N) is 1. The molecule has 10 heteroatoms. The van der Waals surface area contributed by atoms with Crippen molar-refractivity contribution in [3.8, 4) is 6.07 Å². The van der Waals surface area contributed by atoms with E-state index in [4.69, 9.17) is 10.00 Å². The lowest BCUT2D eigenvalue weighted by Crippen LogP contribution is -2.46. The van der Waals surface area contributed by atoms with Crippen molar-refractivity contribution in [3.05, 3.63) is 68.8 Å². The van der Waals surface area contributed by atoms with E-state index in [1.807, 2.05) is 0 Å². The molecular weight excluding hydrogens is 470 g/mol. The number of esters is 1. The maximum absolute atomic E-state index is 13.4. The molecular formula is C25H27N3O6S. The summed E-state index contributed by atoms with van der Waals surface area (Å²) in [5, 5.41) is 21.3. The Kier molecular flexibility index (Phi) is 6.19. The molecule has 184 valence electrons. The highest BCUT2D eigenvalue weighted by atomic mass is 32.2. The lowest BCUT2D eigenvalue weighted by Gasteiger charge is -2.41. The monoisotopic (exact) mass is 497 g/mol. The number of benzene rings is 2. The number of fused-ring (bicyclic) bond motifs is 1. The molecule has 1 atom stereocenters. The zero-order chi connectivity index (χ0) is 25.6. The Hall–Kier alpha value is -3.29. The van der Waals surface area contributed by atoms with E-state index in [-0.39, 0.29) is 5.56 Å². The number of ether oxygens (including phenoxy) is 1. The van der Waals surface area contributed by atoms with Gasteiger partial charge in [0.2, 0.25) is 10.0 Å². The topological polar surface area (TPSA) is 139 Å². The molecule has 1 N–H and O–H groups in total. The van der Waals surface area contributed by atoms with Gasteiger partial charge in [-0.3, -0.25) is 14.9 Å². The van der Waals surface area contributed by atoms with E-state index in [1.165, 1.54) is 18.2 Å². The molecule has 4 rings (SSSR count). The highest BCUT2D eigenvalue weighted by Crippen LogP contribution is 2.50. The van der Waals surface area contributed by atoms with Gasteiger partial charge in [0.25, 0.3) is 5.69 Å². The highest BCUT2D eigenvalue weighted by molar-refractivity contribution is 7.89. The summed E-state index contributed by atoms with van der Waals surface area (Å²) < 4.78 is 35.1. The van der Waals surface area contributed by atoms with Crippen molar-refractivity contribution in [2.75, 3.05) is 0 Å². The molecule has 0 bridgehead atoms. The Balaban J connectivity index is 1.74. The minimum absolute atomic E-state index is 0.0661. The van der Waals surface area contributed by atoms with Gasteiger partial charge < -0.3 is 4.74 Å². The summed E-state index contributed by atoms with van der Waals surface area (Å²) in [5.41, 5.74) is -0.465. The molecule has 1 saturated carbocycles. The number of rotatable bonds is 6. The molecule has 2 aliphatic rings. The Morgan fingerprint density at radius 1 is 1.26 bits per heavy atom. The predicted octanol–water partition coefficient (Wildman–Crippen LogP) is 4.20. The van der Waals surface area contributed by atoms with Crippen molar-refractivity contribution >= 4 is 21.7 Å². The third-order valence-corrected chi connectivity index (χ3v) is 8.13. The first-order valence-corrected chi connectivity index (χ1v) is 12.9. The van der Waals surface area contributed by atoms with E-state index in [9.17, 15) is 23.3 Å². The van der Waals surface area contributed by atoms with E-state index < -0.39 is 48.6 Å². The van der Waals surface area contributed by atoms with Crippen LogP contribution in [0.1, 0.15) is 74.8 Å². The number of hydrogen-bond acceptors (Lipinski definition) is 7. The van der Waals surface area contributed by atoms with Crippen LogP contribution in [-0.2, 0) is 31.4 Å². The Bertz CT molecular complexity index is 1350. The lowest BCUT2D eigenvalue weighted by atomic mass is 9.64. The summed E-state index contributed by atoms with van der Waals surface area (Å²) in [7, 11) is -4.31. The van der Waals surface area contributed by atoms with Crippen LogP contribution in [0.5, 0.6) is 0 Å². The van der Waals surface area contributed by atoms with Gasteiger partial charge in [0.05, 0.1) is 22.0 Å². The Morgan fingerprint density at radius 2 is 1.97 bits per heavy atom. The van der Waals surface area contributed by atoms with Gasteiger partial charge in [-0.15, -0.1) is 0 Å². The molecule has 0 aliphatic heterocycles. The van der Waals surface area contributed by atoms with Gasteiger partial charge in [-0.1, -0.05) is 24.6 Å². The summed E-state index contributed by atoms with van der Waals surface area (Å²) in [6, 6.07) is 10.6. The number of nitriles is 1. The van der Waals surface area contributed by atoms with E-state index in [0.717, 1.165) is 11.1 Å². The van der Waals surface area contributed by atoms with Gasteiger partial charge >= 0.3 is 5.97 Å². The number of nitro benzene ring substituents is 1. The second kappa shape index (κ2) is 8.73. The largest absolute Gasteiger partial charge is 0.459 e. The van der Waals surface area contributed by atoms with Crippen LogP contribution in [0.2, 0.25) is 0 Å². The van der Waals surface area contributed by atoms with Crippen molar-refractivity contribution < 1.29 is 22.9 Å². The van der Waals surface area contributed by atoms with Crippen LogP contribution in [0.4, 0.5) is 5.69 Å². The zero-order valence-corrected chi connectivity index (χ0v) is 20.6. The number of carbonyl (C=O) groups excluding carboxylic acids is 1. The Morgan fingerprint density at radius 3 is 2.54 bits per heavy atom. The van der Waals surface area contributed by atoms with Gasteiger partial charge in [-0.05, 0) is 75.8 Å². The maximum Gasteiger partial charge on any atom is 0.317 e. The molecule has 0 saturated heterocycles. The minimum atomic E-state index is -4.31. The van der Waals surface area contributed by atoms with Crippen LogP contribution >= 0.6 is 0 Å². The van der Waals surface area contributed by atoms with E-state index in [2.05, 4.69) is 10.8 Å². The zero-order valence-electron chi connectivity index (χ0n) is 19.8. The predicted molar refractivity (Wildman–Crippen MR) is 127 cm³/mol. The number of sulfonamides is 1. The first-order chi connectivity index (χ1) is 16.4. The van der Waals surface area contributed by atoms with Gasteiger partial charge in [0.15, 0.2) is 4.90 Å². The smallest absolute Gasteiger partial charge is 0.317 e. The fraction of sp³-hybridized carbons (Fsp3) is 0.440. The summed E-state index contributed by atoms with van der Waals surface area (Å²) in [4.78, 5) is 24.2. The molecule has 35 heavy (non-hydrogen) atoms. The number of para-hydroxylation sites is 1. The molecule has 2 aliphatic carbocycles. The first kappa shape index (κ1) is 24.8. The molecule has 0 heterocycles. The molecule has 0 radical (unpaired) electrons. The SMILES string of the molecule is CC(C)(C)OC(=O)C1(c2cccc(S(=O)(=O)NC3CCc4cc(C#N)ccc43)c2[N+](=O)[O-])CCC1. The number of nitro groups is 1. The van der Waals surface area contributed by atoms with Crippen molar-refractivity contribution in [1.29, 1.82) is 5.26 Å². The number of carbonyl (C=O) groups is 1. The number of hydrogen-bond donors (Lipinski definition) is 1. The van der Waals surface area contributed by atoms with Crippen LogP contribution in [-0.4, -0.2) is 24.9 Å². The average molecular weight is 498 g/mol. The van der Waals surface area contributed by atoms with Crippen molar-refractivity contribution in [2.24, 2.45) is 0 Å². The van der Waals surface area contributed by atoms with Gasteiger partial charge in [-0.25, -0.2) is 13.1 Å². The fourth-order valence-corrected chi connectivity index (χ4v) is 6.31. The minimum Gasteiger partial charge on any atom is -0.459 e. The molecule has 0 spiro atoms. The van der Waals surface area contributed by atoms with Crippen LogP contribution in [0.25, 0.3) is 0 Å². The summed E-state index contributed by atoms with van der Waals surface area (Å²) in [6.45, 7) is 5.15. The molecule has 1 fully saturated rings. The second-order valence-corrected chi connectivity index (χ2v) is 11.8. The van der Waals surface area contributed by atoms with Crippen molar-refractivity contribution in [2.45, 2.75) is 74.8 Å². The van der Waals surface area contributed by atoms with Crippen LogP contribution in [0.3, 0.4) is 0 Å². The summed E-state index contributed by atoms with van der Waals surface area (Å²) in [5.74, 6) is -0.583. The van der Waals surface area contributed by atoms with E-state index in [0.29, 0.717) is 37.7 Å². The molecule has 1 unspecified atom stereocenters. The molecule has 9 nitrogen and oxygen atoms in total.